The summed E-state index contributed by atoms with van der Waals surface area (Å²) < 4.78 is 21.3. The molecule has 0 atom stereocenters. The molecular formula is C21H26N2O6. The molecular weight excluding hydrogens is 376 g/mol. The molecule has 0 heterocycles. The molecule has 8 heteroatoms. The molecule has 2 aromatic carbocycles. The van der Waals surface area contributed by atoms with Crippen LogP contribution in [0, 0.1) is 6.92 Å². The second-order valence-corrected chi connectivity index (χ2v) is 6.18. The van der Waals surface area contributed by atoms with Gasteiger partial charge < -0.3 is 18.9 Å². The number of carbonyl (C=O) groups is 2. The molecule has 0 fully saturated rings. The van der Waals surface area contributed by atoms with Crippen LogP contribution in [0.3, 0.4) is 0 Å². The standard InChI is InChI=1S/C21H26N2O6/c1-14-7-5-6-8-16(14)29-13-20(25)23-22-19(24)10-9-15-11-17(26-2)21(28-4)18(12-15)27-3/h5-8,11-12H,9-10,13H2,1-4H3,(H,22,24)(H,23,25). The first-order valence-corrected chi connectivity index (χ1v) is 9.03. The van der Waals surface area contributed by atoms with Crippen molar-refractivity contribution in [2.24, 2.45) is 0 Å². The van der Waals surface area contributed by atoms with Gasteiger partial charge in [-0.25, -0.2) is 0 Å². The van der Waals surface area contributed by atoms with Gasteiger partial charge in [0.05, 0.1) is 21.3 Å². The number of benzene rings is 2. The summed E-state index contributed by atoms with van der Waals surface area (Å²) in [6.45, 7) is 1.69. The van der Waals surface area contributed by atoms with Gasteiger partial charge in [0.2, 0.25) is 11.7 Å². The van der Waals surface area contributed by atoms with Crippen LogP contribution in [0.4, 0.5) is 0 Å². The summed E-state index contributed by atoms with van der Waals surface area (Å²) in [6.07, 6.45) is 0.593. The number of para-hydroxylation sites is 1. The molecule has 0 aromatic heterocycles. The third kappa shape index (κ3) is 6.31. The summed E-state index contributed by atoms with van der Waals surface area (Å²) in [4.78, 5) is 23.9. The van der Waals surface area contributed by atoms with Crippen molar-refractivity contribution in [1.82, 2.24) is 10.9 Å². The van der Waals surface area contributed by atoms with Gasteiger partial charge in [0, 0.05) is 6.42 Å². The van der Waals surface area contributed by atoms with Crippen molar-refractivity contribution in [2.75, 3.05) is 27.9 Å². The highest BCUT2D eigenvalue weighted by Crippen LogP contribution is 2.38. The zero-order valence-electron chi connectivity index (χ0n) is 17.0. The first-order valence-electron chi connectivity index (χ1n) is 9.03. The Balaban J connectivity index is 1.81. The Morgan fingerprint density at radius 2 is 1.48 bits per heavy atom. The normalized spacial score (nSPS) is 10.1. The summed E-state index contributed by atoms with van der Waals surface area (Å²) >= 11 is 0. The number of hydrogen-bond donors (Lipinski definition) is 2. The number of ether oxygens (including phenoxy) is 4. The van der Waals surface area contributed by atoms with Crippen LogP contribution in [-0.4, -0.2) is 39.8 Å². The molecule has 2 amide bonds. The molecule has 0 bridgehead atoms. The number of carbonyl (C=O) groups excluding carboxylic acids is 2. The number of hydrazine groups is 1. The van der Waals surface area contributed by atoms with E-state index in [1.807, 2.05) is 25.1 Å². The van der Waals surface area contributed by atoms with Crippen LogP contribution in [0.25, 0.3) is 0 Å². The van der Waals surface area contributed by atoms with Gasteiger partial charge >= 0.3 is 0 Å². The minimum atomic E-state index is -0.450. The van der Waals surface area contributed by atoms with E-state index >= 15 is 0 Å². The SMILES string of the molecule is COc1cc(CCC(=O)NNC(=O)COc2ccccc2C)cc(OC)c1OC. The lowest BCUT2D eigenvalue weighted by Crippen LogP contribution is -2.43. The maximum atomic E-state index is 12.0. The van der Waals surface area contributed by atoms with Gasteiger partial charge in [0.15, 0.2) is 18.1 Å². The molecule has 0 saturated heterocycles. The number of aryl methyl sites for hydroxylation is 2. The number of nitrogens with one attached hydrogen (secondary N) is 2. The predicted molar refractivity (Wildman–Crippen MR) is 107 cm³/mol. The first-order chi connectivity index (χ1) is 14.0. The van der Waals surface area contributed by atoms with Crippen molar-refractivity contribution in [3.05, 3.63) is 47.5 Å². The first kappa shape index (κ1) is 21.9. The highest BCUT2D eigenvalue weighted by atomic mass is 16.5. The second-order valence-electron chi connectivity index (χ2n) is 6.18. The lowest BCUT2D eigenvalue weighted by atomic mass is 10.1. The molecule has 0 aliphatic carbocycles. The highest BCUT2D eigenvalue weighted by Gasteiger charge is 2.14. The van der Waals surface area contributed by atoms with E-state index in [2.05, 4.69) is 10.9 Å². The lowest BCUT2D eigenvalue weighted by Gasteiger charge is -2.14. The fourth-order valence-corrected chi connectivity index (χ4v) is 2.64. The number of methoxy groups -OCH3 is 3. The third-order valence-corrected chi connectivity index (χ3v) is 4.16. The molecule has 156 valence electrons. The van der Waals surface area contributed by atoms with Crippen LogP contribution in [0.15, 0.2) is 36.4 Å². The molecule has 2 aromatic rings. The van der Waals surface area contributed by atoms with E-state index in [-0.39, 0.29) is 18.9 Å². The molecule has 2 N–H and O–H groups in total. The maximum absolute atomic E-state index is 12.0. The molecule has 0 saturated carbocycles. The Bertz CT molecular complexity index is 828. The largest absolute Gasteiger partial charge is 0.493 e. The van der Waals surface area contributed by atoms with Crippen molar-refractivity contribution in [2.45, 2.75) is 19.8 Å². The lowest BCUT2D eigenvalue weighted by molar-refractivity contribution is -0.130. The predicted octanol–water partition coefficient (Wildman–Crippen LogP) is 2.18. The Hall–Kier alpha value is -3.42. The van der Waals surface area contributed by atoms with E-state index in [0.717, 1.165) is 11.1 Å². The van der Waals surface area contributed by atoms with Crippen molar-refractivity contribution in [3.63, 3.8) is 0 Å². The van der Waals surface area contributed by atoms with E-state index < -0.39 is 5.91 Å². The van der Waals surface area contributed by atoms with Crippen LogP contribution >= 0.6 is 0 Å². The van der Waals surface area contributed by atoms with Gasteiger partial charge in [-0.15, -0.1) is 0 Å². The van der Waals surface area contributed by atoms with Gasteiger partial charge in [-0.3, -0.25) is 20.4 Å². The van der Waals surface area contributed by atoms with Crippen molar-refractivity contribution in [1.29, 1.82) is 0 Å². The molecule has 0 spiro atoms. The van der Waals surface area contributed by atoms with Gasteiger partial charge in [-0.05, 0) is 42.7 Å². The summed E-state index contributed by atoms with van der Waals surface area (Å²) in [5.41, 5.74) is 6.48. The fourth-order valence-electron chi connectivity index (χ4n) is 2.64. The van der Waals surface area contributed by atoms with Crippen molar-refractivity contribution >= 4 is 11.8 Å². The Morgan fingerprint density at radius 1 is 0.862 bits per heavy atom. The Morgan fingerprint density at radius 3 is 2.07 bits per heavy atom. The molecule has 8 nitrogen and oxygen atoms in total. The van der Waals surface area contributed by atoms with Crippen molar-refractivity contribution < 1.29 is 28.5 Å². The van der Waals surface area contributed by atoms with Crippen LogP contribution in [0.5, 0.6) is 23.0 Å². The van der Waals surface area contributed by atoms with E-state index in [9.17, 15) is 9.59 Å². The molecule has 0 aliphatic rings. The zero-order chi connectivity index (χ0) is 21.2. The van der Waals surface area contributed by atoms with Gasteiger partial charge in [-0.2, -0.15) is 0 Å². The van der Waals surface area contributed by atoms with Gasteiger partial charge in [0.1, 0.15) is 5.75 Å². The van der Waals surface area contributed by atoms with E-state index in [1.54, 1.807) is 18.2 Å². The second kappa shape index (κ2) is 10.8. The van der Waals surface area contributed by atoms with Crippen LogP contribution in [-0.2, 0) is 16.0 Å². The quantitative estimate of drug-likeness (QED) is 0.625. The monoisotopic (exact) mass is 402 g/mol. The molecule has 2 rings (SSSR count). The summed E-state index contributed by atoms with van der Waals surface area (Å²) in [5.74, 6) is 1.37. The molecule has 29 heavy (non-hydrogen) atoms. The highest BCUT2D eigenvalue weighted by molar-refractivity contribution is 5.82. The smallest absolute Gasteiger partial charge is 0.276 e. The molecule has 0 aliphatic heterocycles. The maximum Gasteiger partial charge on any atom is 0.276 e. The number of hydrogen-bond acceptors (Lipinski definition) is 6. The topological polar surface area (TPSA) is 95.1 Å². The Kier molecular flexibility index (Phi) is 8.14. The number of amides is 2. The van der Waals surface area contributed by atoms with E-state index in [4.69, 9.17) is 18.9 Å². The molecule has 0 unspecified atom stereocenters. The fraction of sp³-hybridized carbons (Fsp3) is 0.333. The van der Waals surface area contributed by atoms with Crippen LogP contribution in [0.2, 0.25) is 0 Å². The zero-order valence-corrected chi connectivity index (χ0v) is 17.0. The average Bonchev–Trinajstić information content (AvgIpc) is 2.74. The summed E-state index contributed by atoms with van der Waals surface area (Å²) in [5, 5.41) is 0. The minimum Gasteiger partial charge on any atom is -0.493 e. The third-order valence-electron chi connectivity index (χ3n) is 4.16. The van der Waals surface area contributed by atoms with Gasteiger partial charge in [0.25, 0.3) is 5.91 Å². The molecule has 0 radical (unpaired) electrons. The minimum absolute atomic E-state index is 0.164. The summed E-state index contributed by atoms with van der Waals surface area (Å²) in [6, 6.07) is 10.9. The van der Waals surface area contributed by atoms with E-state index in [0.29, 0.717) is 29.4 Å². The van der Waals surface area contributed by atoms with Gasteiger partial charge in [-0.1, -0.05) is 18.2 Å². The van der Waals surface area contributed by atoms with Crippen LogP contribution < -0.4 is 29.8 Å². The number of rotatable bonds is 9. The van der Waals surface area contributed by atoms with Crippen molar-refractivity contribution in [3.8, 4) is 23.0 Å². The van der Waals surface area contributed by atoms with E-state index in [1.165, 1.54) is 21.3 Å². The van der Waals surface area contributed by atoms with Crippen LogP contribution in [0.1, 0.15) is 17.5 Å². The average molecular weight is 402 g/mol. The Labute approximate surface area is 170 Å². The summed E-state index contributed by atoms with van der Waals surface area (Å²) in [7, 11) is 4.59.